The van der Waals surface area contributed by atoms with Crippen molar-refractivity contribution in [1.29, 1.82) is 0 Å². The molecule has 90 valence electrons. The number of anilines is 2. The normalized spacial score (nSPS) is 10.8. The van der Waals surface area contributed by atoms with Crippen LogP contribution in [0.5, 0.6) is 0 Å². The van der Waals surface area contributed by atoms with Gasteiger partial charge in [0.15, 0.2) is 5.82 Å². The Balaban J connectivity index is 2.89. The van der Waals surface area contributed by atoms with E-state index in [9.17, 15) is 0 Å². The molecule has 2 N–H and O–H groups in total. The average molecular weight is 224 g/mol. The smallest absolute Gasteiger partial charge is 0.158 e. The van der Waals surface area contributed by atoms with Gasteiger partial charge in [-0.1, -0.05) is 0 Å². The maximum atomic E-state index is 5.74. The molecule has 5 nitrogen and oxygen atoms in total. The minimum atomic E-state index is 0.370. The zero-order valence-corrected chi connectivity index (χ0v) is 10.4. The van der Waals surface area contributed by atoms with Gasteiger partial charge in [-0.15, -0.1) is 0 Å². The minimum absolute atomic E-state index is 0.370. The molecule has 0 fully saturated rings. The summed E-state index contributed by atoms with van der Waals surface area (Å²) < 4.78 is 5.27. The molecule has 0 amide bonds. The number of nitrogens with two attached hydrogens (primary N) is 1. The van der Waals surface area contributed by atoms with Gasteiger partial charge in [0, 0.05) is 25.8 Å². The van der Waals surface area contributed by atoms with Gasteiger partial charge in [0.25, 0.3) is 0 Å². The lowest BCUT2D eigenvalue weighted by molar-refractivity contribution is 0.128. The van der Waals surface area contributed by atoms with Gasteiger partial charge in [-0.25, -0.2) is 9.97 Å². The number of nitrogen functional groups attached to an aromatic ring is 1. The maximum absolute atomic E-state index is 5.74. The van der Waals surface area contributed by atoms with Crippen molar-refractivity contribution in [3.8, 4) is 0 Å². The van der Waals surface area contributed by atoms with Gasteiger partial charge in [0.05, 0.1) is 0 Å². The number of aromatic nitrogens is 2. The van der Waals surface area contributed by atoms with Gasteiger partial charge in [0.2, 0.25) is 0 Å². The van der Waals surface area contributed by atoms with Gasteiger partial charge < -0.3 is 15.4 Å². The Morgan fingerprint density at radius 1 is 1.44 bits per heavy atom. The molecule has 1 rings (SSSR count). The van der Waals surface area contributed by atoms with Crippen molar-refractivity contribution >= 4 is 11.6 Å². The second-order valence-electron chi connectivity index (χ2n) is 3.91. The van der Waals surface area contributed by atoms with E-state index in [1.54, 1.807) is 6.07 Å². The van der Waals surface area contributed by atoms with Gasteiger partial charge in [0.1, 0.15) is 18.2 Å². The van der Waals surface area contributed by atoms with Crippen LogP contribution in [0.3, 0.4) is 0 Å². The lowest BCUT2D eigenvalue weighted by Crippen LogP contribution is -2.27. The van der Waals surface area contributed by atoms with E-state index in [0.29, 0.717) is 30.9 Å². The highest BCUT2D eigenvalue weighted by atomic mass is 16.5. The third-order valence-electron chi connectivity index (χ3n) is 2.35. The van der Waals surface area contributed by atoms with Gasteiger partial charge in [-0.2, -0.15) is 0 Å². The lowest BCUT2D eigenvalue weighted by Gasteiger charge is -2.23. The largest absolute Gasteiger partial charge is 0.384 e. The van der Waals surface area contributed by atoms with Gasteiger partial charge in [-0.05, 0) is 20.8 Å². The molecule has 0 saturated carbocycles. The van der Waals surface area contributed by atoms with Crippen LogP contribution in [0, 0.1) is 0 Å². The summed E-state index contributed by atoms with van der Waals surface area (Å²) in [6.45, 7) is 7.18. The van der Waals surface area contributed by atoms with E-state index < -0.39 is 0 Å². The summed E-state index contributed by atoms with van der Waals surface area (Å²) in [7, 11) is 1.98. The number of ether oxygens (including phenoxy) is 1. The first-order valence-corrected chi connectivity index (χ1v) is 5.48. The average Bonchev–Trinajstić information content (AvgIpc) is 2.24. The first kappa shape index (κ1) is 12.7. The monoisotopic (exact) mass is 224 g/mol. The Morgan fingerprint density at radius 3 is 2.69 bits per heavy atom. The summed E-state index contributed by atoms with van der Waals surface area (Å²) in [6, 6.07) is 2.14. The molecule has 0 saturated heterocycles. The maximum Gasteiger partial charge on any atom is 0.158 e. The van der Waals surface area contributed by atoms with Crippen LogP contribution in [0.2, 0.25) is 0 Å². The molecular formula is C11H20N4O. The molecule has 1 aromatic heterocycles. The summed E-state index contributed by atoms with van der Waals surface area (Å²) >= 11 is 0. The summed E-state index contributed by atoms with van der Waals surface area (Å²) in [5.74, 6) is 1.94. The molecule has 1 heterocycles. The van der Waals surface area contributed by atoms with Crippen molar-refractivity contribution in [1.82, 2.24) is 9.97 Å². The predicted molar refractivity (Wildman–Crippen MR) is 65.3 cm³/mol. The van der Waals surface area contributed by atoms with E-state index in [4.69, 9.17) is 10.5 Å². The van der Waals surface area contributed by atoms with E-state index >= 15 is 0 Å². The van der Waals surface area contributed by atoms with E-state index in [0.717, 1.165) is 5.82 Å². The Labute approximate surface area is 96.6 Å². The predicted octanol–water partition coefficient (Wildman–Crippen LogP) is 1.44. The van der Waals surface area contributed by atoms with Crippen LogP contribution in [0.15, 0.2) is 6.07 Å². The SMILES string of the molecule is CCOCc1nc(N)cc(N(C)C(C)C)n1. The number of rotatable bonds is 5. The molecule has 0 aromatic carbocycles. The Morgan fingerprint density at radius 2 is 2.12 bits per heavy atom. The van der Waals surface area contributed by atoms with Crippen LogP contribution in [0.25, 0.3) is 0 Å². The second kappa shape index (κ2) is 5.65. The molecule has 5 heteroatoms. The zero-order valence-electron chi connectivity index (χ0n) is 10.4. The fourth-order valence-electron chi connectivity index (χ4n) is 1.21. The van der Waals surface area contributed by atoms with E-state index in [1.165, 1.54) is 0 Å². The lowest BCUT2D eigenvalue weighted by atomic mass is 10.3. The Bertz CT molecular complexity index is 341. The second-order valence-corrected chi connectivity index (χ2v) is 3.91. The zero-order chi connectivity index (χ0) is 12.1. The van der Waals surface area contributed by atoms with Crippen LogP contribution in [0.4, 0.5) is 11.6 Å². The third-order valence-corrected chi connectivity index (χ3v) is 2.35. The first-order chi connectivity index (χ1) is 7.54. The van der Waals surface area contributed by atoms with Crippen molar-refractivity contribution in [3.63, 3.8) is 0 Å². The quantitative estimate of drug-likeness (QED) is 0.820. The number of hydrogen-bond donors (Lipinski definition) is 1. The molecule has 16 heavy (non-hydrogen) atoms. The van der Waals surface area contributed by atoms with Crippen molar-refractivity contribution in [2.24, 2.45) is 0 Å². The molecule has 0 aliphatic rings. The molecule has 1 aromatic rings. The van der Waals surface area contributed by atoms with Gasteiger partial charge in [-0.3, -0.25) is 0 Å². The highest BCUT2D eigenvalue weighted by Gasteiger charge is 2.09. The fraction of sp³-hybridized carbons (Fsp3) is 0.636. The Hall–Kier alpha value is -1.36. The molecule has 0 bridgehead atoms. The van der Waals surface area contributed by atoms with Crippen LogP contribution in [-0.4, -0.2) is 29.7 Å². The molecule has 0 unspecified atom stereocenters. The third kappa shape index (κ3) is 3.34. The molecule has 0 spiro atoms. The van der Waals surface area contributed by atoms with Crippen molar-refractivity contribution < 1.29 is 4.74 Å². The fourth-order valence-corrected chi connectivity index (χ4v) is 1.21. The molecular weight excluding hydrogens is 204 g/mol. The highest BCUT2D eigenvalue weighted by Crippen LogP contribution is 2.15. The van der Waals surface area contributed by atoms with Crippen LogP contribution in [-0.2, 0) is 11.3 Å². The molecule has 0 atom stereocenters. The minimum Gasteiger partial charge on any atom is -0.384 e. The topological polar surface area (TPSA) is 64.3 Å². The first-order valence-electron chi connectivity index (χ1n) is 5.48. The summed E-state index contributed by atoms with van der Waals surface area (Å²) in [4.78, 5) is 10.6. The molecule has 0 aliphatic heterocycles. The van der Waals surface area contributed by atoms with E-state index in [-0.39, 0.29) is 0 Å². The summed E-state index contributed by atoms with van der Waals surface area (Å²) in [5.41, 5.74) is 5.74. The van der Waals surface area contributed by atoms with Crippen molar-refractivity contribution in [3.05, 3.63) is 11.9 Å². The summed E-state index contributed by atoms with van der Waals surface area (Å²) in [5, 5.41) is 0. The Kier molecular flexibility index (Phi) is 4.49. The van der Waals surface area contributed by atoms with Crippen LogP contribution in [0.1, 0.15) is 26.6 Å². The molecule has 0 radical (unpaired) electrons. The van der Waals surface area contributed by atoms with E-state index in [2.05, 4.69) is 23.8 Å². The number of nitrogens with zero attached hydrogens (tertiary/aromatic N) is 3. The van der Waals surface area contributed by atoms with E-state index in [1.807, 2.05) is 18.9 Å². The standard InChI is InChI=1S/C11H20N4O/c1-5-16-7-10-13-9(12)6-11(14-10)15(4)8(2)3/h6,8H,5,7H2,1-4H3,(H2,12,13,14). The summed E-state index contributed by atoms with van der Waals surface area (Å²) in [6.07, 6.45) is 0. The van der Waals surface area contributed by atoms with Crippen molar-refractivity contribution in [2.45, 2.75) is 33.4 Å². The van der Waals surface area contributed by atoms with Gasteiger partial charge >= 0.3 is 0 Å². The van der Waals surface area contributed by atoms with Crippen LogP contribution < -0.4 is 10.6 Å². The highest BCUT2D eigenvalue weighted by molar-refractivity contribution is 5.46. The number of hydrogen-bond acceptors (Lipinski definition) is 5. The van der Waals surface area contributed by atoms with Crippen LogP contribution >= 0.6 is 0 Å². The van der Waals surface area contributed by atoms with Crippen molar-refractivity contribution in [2.75, 3.05) is 24.3 Å². The molecule has 0 aliphatic carbocycles.